The number of ether oxygens (including phenoxy) is 1. The van der Waals surface area contributed by atoms with Crippen LogP contribution in [0.2, 0.25) is 0 Å². The lowest BCUT2D eigenvalue weighted by Crippen LogP contribution is -2.31. The Hall–Kier alpha value is -1.05. The molecule has 3 heterocycles. The summed E-state index contributed by atoms with van der Waals surface area (Å²) in [7, 11) is 1.96. The lowest BCUT2D eigenvalue weighted by molar-refractivity contribution is 0.188. The molecule has 86 valence electrons. The molecule has 2 unspecified atom stereocenters. The molecule has 16 heavy (non-hydrogen) atoms. The number of rotatable bonds is 2. The van der Waals surface area contributed by atoms with Crippen molar-refractivity contribution in [2.45, 2.75) is 18.9 Å². The van der Waals surface area contributed by atoms with Crippen LogP contribution >= 0.6 is 11.3 Å². The van der Waals surface area contributed by atoms with Crippen LogP contribution in [0, 0.1) is 6.92 Å². The van der Waals surface area contributed by atoms with Crippen LogP contribution < -0.4 is 5.32 Å². The van der Waals surface area contributed by atoms with Gasteiger partial charge in [-0.15, -0.1) is 10.2 Å². The highest BCUT2D eigenvalue weighted by atomic mass is 32.1. The zero-order chi connectivity index (χ0) is 11.1. The van der Waals surface area contributed by atoms with Crippen LogP contribution in [0.3, 0.4) is 0 Å². The molecule has 1 aliphatic heterocycles. The Morgan fingerprint density at radius 3 is 3.06 bits per heavy atom. The van der Waals surface area contributed by atoms with Crippen LogP contribution in [-0.4, -0.2) is 46.1 Å². The summed E-state index contributed by atoms with van der Waals surface area (Å²) in [6.07, 6.45) is 0. The topological polar surface area (TPSA) is 64.3 Å². The van der Waals surface area contributed by atoms with Crippen molar-refractivity contribution < 1.29 is 4.74 Å². The van der Waals surface area contributed by atoms with Crippen LogP contribution in [-0.2, 0) is 4.74 Å². The van der Waals surface area contributed by atoms with E-state index in [9.17, 15) is 0 Å². The molecular formula is C9H13N5OS. The van der Waals surface area contributed by atoms with Crippen molar-refractivity contribution in [2.75, 3.05) is 20.3 Å². The normalized spacial score (nSPS) is 25.6. The SMILES string of the molecule is CNC1COCC1c1nn2c(C)nnc2s1. The van der Waals surface area contributed by atoms with Crippen molar-refractivity contribution in [2.24, 2.45) is 0 Å². The van der Waals surface area contributed by atoms with E-state index in [1.807, 2.05) is 14.0 Å². The summed E-state index contributed by atoms with van der Waals surface area (Å²) in [5, 5.41) is 16.9. The van der Waals surface area contributed by atoms with Gasteiger partial charge in [0, 0.05) is 6.04 Å². The minimum Gasteiger partial charge on any atom is -0.379 e. The number of aryl methyl sites for hydroxylation is 1. The van der Waals surface area contributed by atoms with Crippen LogP contribution in [0.4, 0.5) is 0 Å². The van der Waals surface area contributed by atoms with Crippen molar-refractivity contribution in [1.29, 1.82) is 0 Å². The first-order chi connectivity index (χ1) is 7.79. The third-order valence-corrected chi connectivity index (χ3v) is 3.96. The highest BCUT2D eigenvalue weighted by Gasteiger charge is 2.31. The van der Waals surface area contributed by atoms with Crippen molar-refractivity contribution in [1.82, 2.24) is 25.1 Å². The number of fused-ring (bicyclic) bond motifs is 1. The summed E-state index contributed by atoms with van der Waals surface area (Å²) < 4.78 is 7.27. The number of hydrogen-bond acceptors (Lipinski definition) is 6. The summed E-state index contributed by atoms with van der Waals surface area (Å²) >= 11 is 1.59. The van der Waals surface area contributed by atoms with Crippen molar-refractivity contribution >= 4 is 16.3 Å². The molecule has 2 aromatic heterocycles. The van der Waals surface area contributed by atoms with Gasteiger partial charge in [0.1, 0.15) is 5.01 Å². The predicted octanol–water partition coefficient (Wildman–Crippen LogP) is 0.196. The van der Waals surface area contributed by atoms with Gasteiger partial charge in [-0.25, -0.2) is 0 Å². The molecule has 0 saturated carbocycles. The molecule has 0 radical (unpaired) electrons. The fraction of sp³-hybridized carbons (Fsp3) is 0.667. The largest absolute Gasteiger partial charge is 0.379 e. The molecule has 2 aromatic rings. The Bertz CT molecular complexity index is 507. The Morgan fingerprint density at radius 2 is 2.31 bits per heavy atom. The van der Waals surface area contributed by atoms with E-state index in [1.54, 1.807) is 15.9 Å². The second-order valence-electron chi connectivity index (χ2n) is 3.92. The Labute approximate surface area is 96.6 Å². The van der Waals surface area contributed by atoms with E-state index in [-0.39, 0.29) is 0 Å². The molecule has 2 atom stereocenters. The molecule has 0 bridgehead atoms. The van der Waals surface area contributed by atoms with E-state index in [0.717, 1.165) is 29.0 Å². The van der Waals surface area contributed by atoms with Gasteiger partial charge in [0.2, 0.25) is 4.96 Å². The molecule has 3 rings (SSSR count). The van der Waals surface area contributed by atoms with E-state index in [0.29, 0.717) is 12.0 Å². The second kappa shape index (κ2) is 3.76. The van der Waals surface area contributed by atoms with Gasteiger partial charge in [0.05, 0.1) is 19.1 Å². The average molecular weight is 239 g/mol. The van der Waals surface area contributed by atoms with Gasteiger partial charge in [-0.05, 0) is 14.0 Å². The Morgan fingerprint density at radius 1 is 1.44 bits per heavy atom. The van der Waals surface area contributed by atoms with Gasteiger partial charge in [-0.3, -0.25) is 0 Å². The molecule has 1 aliphatic rings. The van der Waals surface area contributed by atoms with Gasteiger partial charge >= 0.3 is 0 Å². The zero-order valence-corrected chi connectivity index (χ0v) is 9.99. The van der Waals surface area contributed by atoms with Gasteiger partial charge in [-0.1, -0.05) is 11.3 Å². The first-order valence-electron chi connectivity index (χ1n) is 5.23. The number of nitrogens with one attached hydrogen (secondary N) is 1. The molecule has 7 heteroatoms. The average Bonchev–Trinajstić information content (AvgIpc) is 2.95. The van der Waals surface area contributed by atoms with Crippen LogP contribution in [0.15, 0.2) is 0 Å². The van der Waals surface area contributed by atoms with Gasteiger partial charge < -0.3 is 10.1 Å². The summed E-state index contributed by atoms with van der Waals surface area (Å²) in [5.74, 6) is 1.16. The molecule has 0 aliphatic carbocycles. The van der Waals surface area contributed by atoms with E-state index in [2.05, 4.69) is 20.6 Å². The quantitative estimate of drug-likeness (QED) is 0.811. The van der Waals surface area contributed by atoms with Gasteiger partial charge in [0.15, 0.2) is 5.82 Å². The van der Waals surface area contributed by atoms with E-state index in [4.69, 9.17) is 4.74 Å². The maximum absolute atomic E-state index is 5.48. The predicted molar refractivity (Wildman–Crippen MR) is 59.8 cm³/mol. The molecule has 1 saturated heterocycles. The maximum atomic E-state index is 5.48. The fourth-order valence-electron chi connectivity index (χ4n) is 1.96. The Balaban J connectivity index is 1.99. The third-order valence-electron chi connectivity index (χ3n) is 2.93. The molecule has 0 spiro atoms. The highest BCUT2D eigenvalue weighted by molar-refractivity contribution is 7.16. The molecular weight excluding hydrogens is 226 g/mol. The standard InChI is InChI=1S/C9H13N5OS/c1-5-11-12-9-14(5)13-8(16-9)6-3-15-4-7(6)10-2/h6-7,10H,3-4H2,1-2H3. The van der Waals surface area contributed by atoms with Gasteiger partial charge in [-0.2, -0.15) is 9.61 Å². The maximum Gasteiger partial charge on any atom is 0.234 e. The first-order valence-corrected chi connectivity index (χ1v) is 6.05. The van der Waals surface area contributed by atoms with E-state index in [1.165, 1.54) is 0 Å². The van der Waals surface area contributed by atoms with Crippen molar-refractivity contribution in [3.05, 3.63) is 10.8 Å². The molecule has 1 fully saturated rings. The van der Waals surface area contributed by atoms with Crippen LogP contribution in [0.25, 0.3) is 4.96 Å². The van der Waals surface area contributed by atoms with Crippen LogP contribution in [0.1, 0.15) is 16.7 Å². The number of hydrogen-bond donors (Lipinski definition) is 1. The zero-order valence-electron chi connectivity index (χ0n) is 9.17. The third kappa shape index (κ3) is 1.43. The number of aromatic nitrogens is 4. The minimum absolute atomic E-state index is 0.330. The van der Waals surface area contributed by atoms with E-state index < -0.39 is 0 Å². The Kier molecular flexibility index (Phi) is 2.38. The van der Waals surface area contributed by atoms with Crippen molar-refractivity contribution in [3.63, 3.8) is 0 Å². The smallest absolute Gasteiger partial charge is 0.234 e. The van der Waals surface area contributed by atoms with Crippen LogP contribution in [0.5, 0.6) is 0 Å². The van der Waals surface area contributed by atoms with Gasteiger partial charge in [0.25, 0.3) is 0 Å². The van der Waals surface area contributed by atoms with Crippen molar-refractivity contribution in [3.8, 4) is 0 Å². The minimum atomic E-state index is 0.330. The lowest BCUT2D eigenvalue weighted by Gasteiger charge is -2.12. The summed E-state index contributed by atoms with van der Waals surface area (Å²) in [6.45, 7) is 3.39. The molecule has 0 aromatic carbocycles. The van der Waals surface area contributed by atoms with E-state index >= 15 is 0 Å². The number of likely N-dealkylation sites (N-methyl/N-ethyl adjacent to an activating group) is 1. The molecule has 1 N–H and O–H groups in total. The second-order valence-corrected chi connectivity index (χ2v) is 4.91. The fourth-order valence-corrected chi connectivity index (χ4v) is 3.00. The summed E-state index contributed by atoms with van der Waals surface area (Å²) in [5.41, 5.74) is 0. The first kappa shape index (κ1) is 10.1. The molecule has 0 amide bonds. The highest BCUT2D eigenvalue weighted by Crippen LogP contribution is 2.29. The monoisotopic (exact) mass is 239 g/mol. The summed E-state index contributed by atoms with van der Waals surface area (Å²) in [6, 6.07) is 0.351. The molecule has 6 nitrogen and oxygen atoms in total. The lowest BCUT2D eigenvalue weighted by atomic mass is 10.1. The summed E-state index contributed by atoms with van der Waals surface area (Å²) in [4.78, 5) is 0.856. The number of nitrogens with zero attached hydrogens (tertiary/aromatic N) is 4.